The monoisotopic (exact) mass is 552 g/mol. The largest absolute Gasteiger partial charge is 0.378 e. The lowest BCUT2D eigenvalue weighted by atomic mass is 10.2. The summed E-state index contributed by atoms with van der Waals surface area (Å²) in [5.74, 6) is 0. The van der Waals surface area contributed by atoms with Crippen molar-refractivity contribution >= 4 is 71.1 Å². The Labute approximate surface area is 211 Å². The van der Waals surface area contributed by atoms with Crippen molar-refractivity contribution < 1.29 is 16.8 Å². The lowest BCUT2D eigenvalue weighted by molar-refractivity contribution is 0.599. The maximum absolute atomic E-state index is 13.1. The van der Waals surface area contributed by atoms with Gasteiger partial charge >= 0.3 is 0 Å². The second-order valence-electron chi connectivity index (χ2n) is 7.85. The van der Waals surface area contributed by atoms with Gasteiger partial charge in [0, 0.05) is 31.9 Å². The maximum Gasteiger partial charge on any atom is 0.262 e. The van der Waals surface area contributed by atoms with Crippen LogP contribution in [0.3, 0.4) is 0 Å². The number of hydrogen-bond acceptors (Lipinski definition) is 7. The molecule has 2 N–H and O–H groups in total. The van der Waals surface area contributed by atoms with Crippen LogP contribution in [0, 0.1) is 0 Å². The van der Waals surface area contributed by atoms with Crippen LogP contribution in [0.15, 0.2) is 75.2 Å². The van der Waals surface area contributed by atoms with Crippen LogP contribution in [0.5, 0.6) is 0 Å². The number of halogens is 1. The first kappa shape index (κ1) is 25.0. The third-order valence-electron chi connectivity index (χ3n) is 5.17. The van der Waals surface area contributed by atoms with Gasteiger partial charge in [0.05, 0.1) is 32.1 Å². The highest BCUT2D eigenvalue weighted by molar-refractivity contribution is 7.93. The number of fused-ring (bicyclic) bond motifs is 1. The lowest BCUT2D eigenvalue weighted by Gasteiger charge is -2.17. The molecule has 13 heteroatoms. The first-order valence-electron chi connectivity index (χ1n) is 10.1. The van der Waals surface area contributed by atoms with Gasteiger partial charge in [0.1, 0.15) is 0 Å². The molecule has 0 saturated heterocycles. The zero-order valence-electron chi connectivity index (χ0n) is 18.8. The molecule has 0 atom stereocenters. The number of rotatable bonds is 7. The fourth-order valence-corrected chi connectivity index (χ4v) is 6.52. The molecule has 0 aliphatic heterocycles. The molecular formula is C22H21ClN4O5S3. The normalized spacial score (nSPS) is 12.0. The fourth-order valence-electron chi connectivity index (χ4n) is 3.37. The van der Waals surface area contributed by atoms with Gasteiger partial charge in [-0.05, 0) is 66.1 Å². The van der Waals surface area contributed by atoms with Crippen molar-refractivity contribution in [3.05, 3.63) is 75.2 Å². The van der Waals surface area contributed by atoms with Crippen molar-refractivity contribution in [3.8, 4) is 0 Å². The van der Waals surface area contributed by atoms with E-state index in [0.717, 1.165) is 11.5 Å². The maximum atomic E-state index is 13.1. The van der Waals surface area contributed by atoms with Gasteiger partial charge in [-0.3, -0.25) is 18.2 Å². The number of aromatic nitrogens is 1. The summed E-state index contributed by atoms with van der Waals surface area (Å²) in [6, 6.07) is 14.6. The van der Waals surface area contributed by atoms with Gasteiger partial charge in [0.2, 0.25) is 0 Å². The molecular weight excluding hydrogens is 532 g/mol. The Hall–Kier alpha value is -3.06. The van der Waals surface area contributed by atoms with E-state index in [9.17, 15) is 21.6 Å². The molecule has 9 nitrogen and oxygen atoms in total. The Balaban J connectivity index is 1.70. The molecule has 1 heterocycles. The van der Waals surface area contributed by atoms with Gasteiger partial charge in [-0.15, -0.1) is 0 Å². The first-order valence-corrected chi connectivity index (χ1v) is 14.2. The van der Waals surface area contributed by atoms with Crippen molar-refractivity contribution in [2.45, 2.75) is 9.79 Å². The molecule has 0 saturated carbocycles. The number of aryl methyl sites for hydroxylation is 1. The van der Waals surface area contributed by atoms with Gasteiger partial charge in [-0.2, -0.15) is 0 Å². The summed E-state index contributed by atoms with van der Waals surface area (Å²) >= 11 is 7.04. The number of anilines is 3. The minimum Gasteiger partial charge on any atom is -0.378 e. The molecule has 0 amide bonds. The molecule has 0 spiro atoms. The van der Waals surface area contributed by atoms with E-state index in [1.54, 1.807) is 48.2 Å². The minimum atomic E-state index is -4.18. The molecule has 0 unspecified atom stereocenters. The molecule has 0 fully saturated rings. The van der Waals surface area contributed by atoms with E-state index in [2.05, 4.69) is 9.44 Å². The third-order valence-corrected chi connectivity index (χ3v) is 8.99. The number of nitrogens with zero attached hydrogens (tertiary/aromatic N) is 2. The van der Waals surface area contributed by atoms with Crippen molar-refractivity contribution in [3.63, 3.8) is 0 Å². The van der Waals surface area contributed by atoms with E-state index in [0.29, 0.717) is 11.2 Å². The molecule has 35 heavy (non-hydrogen) atoms. The van der Waals surface area contributed by atoms with E-state index >= 15 is 0 Å². The number of nitrogens with one attached hydrogen (secondary N) is 2. The predicted octanol–water partition coefficient (Wildman–Crippen LogP) is 3.92. The average molecular weight is 553 g/mol. The number of hydrogen-bond donors (Lipinski definition) is 2. The van der Waals surface area contributed by atoms with Crippen LogP contribution in [0.2, 0.25) is 5.02 Å². The predicted molar refractivity (Wildman–Crippen MR) is 141 cm³/mol. The van der Waals surface area contributed by atoms with Crippen LogP contribution in [0.1, 0.15) is 0 Å². The van der Waals surface area contributed by atoms with Crippen molar-refractivity contribution in [1.29, 1.82) is 0 Å². The van der Waals surface area contributed by atoms with Crippen LogP contribution in [-0.4, -0.2) is 34.9 Å². The average Bonchev–Trinajstić information content (AvgIpc) is 3.08. The van der Waals surface area contributed by atoms with Gasteiger partial charge in [-0.25, -0.2) is 16.8 Å². The summed E-state index contributed by atoms with van der Waals surface area (Å²) in [7, 11) is -2.96. The molecule has 0 aliphatic carbocycles. The lowest BCUT2D eigenvalue weighted by Crippen LogP contribution is -2.18. The topological polar surface area (TPSA) is 118 Å². The molecule has 3 aromatic carbocycles. The van der Waals surface area contributed by atoms with E-state index in [1.165, 1.54) is 42.5 Å². The number of benzene rings is 3. The van der Waals surface area contributed by atoms with Crippen LogP contribution in [-0.2, 0) is 27.1 Å². The quantitative estimate of drug-likeness (QED) is 0.359. The van der Waals surface area contributed by atoms with E-state index < -0.39 is 20.0 Å². The zero-order chi connectivity index (χ0) is 25.5. The van der Waals surface area contributed by atoms with Crippen molar-refractivity contribution in [2.75, 3.05) is 28.4 Å². The summed E-state index contributed by atoms with van der Waals surface area (Å²) in [4.78, 5) is 13.8. The standard InChI is InChI=1S/C22H21ClN4O5S3/c1-26(2)15-5-4-6-16(12-15)34(29,30)24-19-9-7-14(23)11-20(19)25-35(31,32)17-8-10-21-18(13-17)22(28)33-27(21)3/h4-13,24-25H,1-3H3. The fraction of sp³-hybridized carbons (Fsp3) is 0.136. The molecule has 1 aromatic heterocycles. The van der Waals surface area contributed by atoms with E-state index in [-0.39, 0.29) is 36.3 Å². The highest BCUT2D eigenvalue weighted by atomic mass is 35.5. The molecule has 184 valence electrons. The van der Waals surface area contributed by atoms with Crippen LogP contribution in [0.4, 0.5) is 17.1 Å². The second-order valence-corrected chi connectivity index (χ2v) is 12.8. The zero-order valence-corrected chi connectivity index (χ0v) is 22.0. The Morgan fingerprint density at radius 2 is 1.51 bits per heavy atom. The Morgan fingerprint density at radius 1 is 0.857 bits per heavy atom. The summed E-state index contributed by atoms with van der Waals surface area (Å²) in [6.45, 7) is 0. The highest BCUT2D eigenvalue weighted by Gasteiger charge is 2.22. The highest BCUT2D eigenvalue weighted by Crippen LogP contribution is 2.31. The van der Waals surface area contributed by atoms with E-state index in [1.807, 2.05) is 0 Å². The van der Waals surface area contributed by atoms with Crippen LogP contribution in [0.25, 0.3) is 10.9 Å². The first-order chi connectivity index (χ1) is 16.4. The molecule has 4 rings (SSSR count). The number of sulfonamides is 2. The summed E-state index contributed by atoms with van der Waals surface area (Å²) in [6.07, 6.45) is 0. The van der Waals surface area contributed by atoms with Gasteiger partial charge in [-0.1, -0.05) is 17.7 Å². The molecule has 0 aliphatic rings. The van der Waals surface area contributed by atoms with Crippen molar-refractivity contribution in [2.24, 2.45) is 7.05 Å². The van der Waals surface area contributed by atoms with Gasteiger partial charge in [0.15, 0.2) is 0 Å². The minimum absolute atomic E-state index is 0.00575. The summed E-state index contributed by atoms with van der Waals surface area (Å²) in [5, 5.41) is 0.468. The SMILES string of the molecule is CN(C)c1cccc(S(=O)(=O)Nc2ccc(Cl)cc2NS(=O)(=O)c2ccc3c(c2)c(=O)sn3C)c1. The van der Waals surface area contributed by atoms with Gasteiger partial charge < -0.3 is 4.90 Å². The molecule has 4 aromatic rings. The van der Waals surface area contributed by atoms with Crippen LogP contribution >= 0.6 is 23.1 Å². The van der Waals surface area contributed by atoms with Gasteiger partial charge in [0.25, 0.3) is 24.8 Å². The molecule has 0 bridgehead atoms. The Kier molecular flexibility index (Phi) is 6.58. The second kappa shape index (κ2) is 9.19. The van der Waals surface area contributed by atoms with Crippen LogP contribution < -0.4 is 19.1 Å². The Morgan fingerprint density at radius 3 is 2.20 bits per heavy atom. The summed E-state index contributed by atoms with van der Waals surface area (Å²) in [5.41, 5.74) is 1.21. The van der Waals surface area contributed by atoms with E-state index in [4.69, 9.17) is 11.6 Å². The summed E-state index contributed by atoms with van der Waals surface area (Å²) < 4.78 is 58.6. The Bertz CT molecular complexity index is 1710. The molecule has 0 radical (unpaired) electrons. The van der Waals surface area contributed by atoms with Crippen molar-refractivity contribution in [1.82, 2.24) is 3.96 Å². The smallest absolute Gasteiger partial charge is 0.262 e. The third kappa shape index (κ3) is 5.15.